The van der Waals surface area contributed by atoms with E-state index in [4.69, 9.17) is 0 Å². The highest BCUT2D eigenvalue weighted by Crippen LogP contribution is 2.31. The molecule has 2 aromatic rings. The van der Waals surface area contributed by atoms with Crippen molar-refractivity contribution < 1.29 is 18.0 Å². The number of urea groups is 1. The number of rotatable bonds is 5. The summed E-state index contributed by atoms with van der Waals surface area (Å²) in [5.74, 6) is -0.142. The van der Waals surface area contributed by atoms with Gasteiger partial charge in [0.1, 0.15) is 5.82 Å². The molecule has 3 amide bonds. The average Bonchev–Trinajstić information content (AvgIpc) is 3.42. The van der Waals surface area contributed by atoms with E-state index in [9.17, 15) is 18.0 Å². The lowest BCUT2D eigenvalue weighted by molar-refractivity contribution is -0.117. The first kappa shape index (κ1) is 22.2. The van der Waals surface area contributed by atoms with E-state index in [1.807, 2.05) is 11.8 Å². The van der Waals surface area contributed by atoms with Crippen molar-refractivity contribution in [3.05, 3.63) is 47.7 Å². The zero-order valence-corrected chi connectivity index (χ0v) is 19.0. The summed E-state index contributed by atoms with van der Waals surface area (Å²) in [6.07, 6.45) is 4.19. The minimum atomic E-state index is -3.93. The van der Waals surface area contributed by atoms with Crippen LogP contribution in [0.3, 0.4) is 0 Å². The number of fused-ring (bicyclic) bond motifs is 1. The van der Waals surface area contributed by atoms with Gasteiger partial charge in [-0.1, -0.05) is 0 Å². The van der Waals surface area contributed by atoms with Crippen molar-refractivity contribution in [3.8, 4) is 0 Å². The zero-order chi connectivity index (χ0) is 22.9. The molecule has 32 heavy (non-hydrogen) atoms. The molecule has 1 aromatic carbocycles. The van der Waals surface area contributed by atoms with E-state index < -0.39 is 22.0 Å². The van der Waals surface area contributed by atoms with Gasteiger partial charge in [0.15, 0.2) is 0 Å². The molecule has 9 nitrogen and oxygen atoms in total. The molecule has 1 fully saturated rings. The number of sulfonamides is 1. The summed E-state index contributed by atoms with van der Waals surface area (Å²) >= 11 is 0. The molecule has 0 saturated carbocycles. The van der Waals surface area contributed by atoms with Crippen LogP contribution in [0.5, 0.6) is 0 Å². The van der Waals surface area contributed by atoms with Crippen LogP contribution in [-0.2, 0) is 21.2 Å². The number of aromatic nitrogens is 1. The molecule has 2 aliphatic rings. The normalized spacial score (nSPS) is 16.7. The monoisotopic (exact) mass is 457 g/mol. The smallest absolute Gasteiger partial charge is 0.324 e. The summed E-state index contributed by atoms with van der Waals surface area (Å²) in [5.41, 5.74) is 2.48. The number of carbonyl (C=O) groups excluding carboxylic acids is 2. The first-order chi connectivity index (χ1) is 15.2. The highest BCUT2D eigenvalue weighted by Gasteiger charge is 2.31. The molecule has 1 atom stereocenters. The van der Waals surface area contributed by atoms with Gasteiger partial charge in [-0.3, -0.25) is 9.69 Å². The molecule has 0 unspecified atom stereocenters. The summed E-state index contributed by atoms with van der Waals surface area (Å²) < 4.78 is 28.2. The molecule has 10 heteroatoms. The Balaban J connectivity index is 1.45. The van der Waals surface area contributed by atoms with Gasteiger partial charge in [-0.05, 0) is 74.6 Å². The molecule has 0 bridgehead atoms. The van der Waals surface area contributed by atoms with Crippen molar-refractivity contribution in [1.82, 2.24) is 14.6 Å². The van der Waals surface area contributed by atoms with Crippen LogP contribution >= 0.6 is 0 Å². The first-order valence-corrected chi connectivity index (χ1v) is 12.2. The fourth-order valence-electron chi connectivity index (χ4n) is 4.02. The van der Waals surface area contributed by atoms with Crippen molar-refractivity contribution in [3.63, 3.8) is 0 Å². The predicted molar refractivity (Wildman–Crippen MR) is 121 cm³/mol. The molecule has 0 aliphatic carbocycles. The Morgan fingerprint density at radius 1 is 1.09 bits per heavy atom. The molecule has 2 N–H and O–H groups in total. The summed E-state index contributed by atoms with van der Waals surface area (Å²) in [5, 5.41) is 2.62. The Bertz CT molecular complexity index is 1140. The molecular formula is C22H27N5O4S. The Morgan fingerprint density at radius 2 is 1.84 bits per heavy atom. The second-order valence-corrected chi connectivity index (χ2v) is 9.93. The van der Waals surface area contributed by atoms with E-state index >= 15 is 0 Å². The molecule has 0 radical (unpaired) electrons. The summed E-state index contributed by atoms with van der Waals surface area (Å²) in [7, 11) is -3.93. The average molecular weight is 458 g/mol. The highest BCUT2D eigenvalue weighted by atomic mass is 32.2. The minimum absolute atomic E-state index is 0.0231. The Hall–Kier alpha value is -2.98. The topological polar surface area (TPSA) is 112 Å². The fourth-order valence-corrected chi connectivity index (χ4v) is 5.27. The van der Waals surface area contributed by atoms with Crippen LogP contribution in [0.4, 0.5) is 16.3 Å². The van der Waals surface area contributed by atoms with E-state index in [2.05, 4.69) is 15.0 Å². The predicted octanol–water partition coefficient (Wildman–Crippen LogP) is 2.27. The number of amides is 3. The Labute approximate surface area is 187 Å². The van der Waals surface area contributed by atoms with Crippen molar-refractivity contribution in [2.24, 2.45) is 0 Å². The number of aryl methyl sites for hydroxylation is 1. The zero-order valence-electron chi connectivity index (χ0n) is 18.2. The molecule has 170 valence electrons. The lowest BCUT2D eigenvalue weighted by atomic mass is 10.2. The number of carbonyl (C=O) groups is 2. The van der Waals surface area contributed by atoms with Crippen LogP contribution in [0.15, 0.2) is 41.4 Å². The lowest BCUT2D eigenvalue weighted by Gasteiger charge is -2.24. The van der Waals surface area contributed by atoms with E-state index in [0.717, 1.165) is 42.7 Å². The van der Waals surface area contributed by atoms with Crippen LogP contribution < -0.4 is 14.9 Å². The molecule has 1 aromatic heterocycles. The van der Waals surface area contributed by atoms with Gasteiger partial charge in [-0.25, -0.2) is 18.2 Å². The van der Waals surface area contributed by atoms with Gasteiger partial charge >= 0.3 is 6.03 Å². The number of likely N-dealkylation sites (tertiary alicyclic amines) is 1. The Morgan fingerprint density at radius 3 is 2.56 bits per heavy atom. The number of nitrogens with one attached hydrogen (secondary N) is 2. The quantitative estimate of drug-likeness (QED) is 0.715. The molecule has 3 heterocycles. The van der Waals surface area contributed by atoms with Crippen LogP contribution in [0.2, 0.25) is 0 Å². The van der Waals surface area contributed by atoms with Gasteiger partial charge in [0.2, 0.25) is 15.9 Å². The first-order valence-electron chi connectivity index (χ1n) is 10.7. The summed E-state index contributed by atoms with van der Waals surface area (Å²) in [6, 6.07) is 7.22. The summed E-state index contributed by atoms with van der Waals surface area (Å²) in [6.45, 7) is 5.41. The SMILES string of the molecule is Cc1ccnc(NC(=O)[C@H](C)NS(=O)(=O)c2ccc3c(c2)CCN3C(=O)N2CCCC2)c1. The molecular weight excluding hydrogens is 430 g/mol. The highest BCUT2D eigenvalue weighted by molar-refractivity contribution is 7.89. The molecule has 1 saturated heterocycles. The third-order valence-corrected chi connectivity index (χ3v) is 7.29. The van der Waals surface area contributed by atoms with E-state index in [1.54, 1.807) is 35.4 Å². The maximum atomic E-state index is 12.9. The van der Waals surface area contributed by atoms with E-state index in [-0.39, 0.29) is 10.9 Å². The second-order valence-electron chi connectivity index (χ2n) is 8.22. The largest absolute Gasteiger partial charge is 0.324 e. The van der Waals surface area contributed by atoms with Gasteiger partial charge in [0, 0.05) is 31.5 Å². The van der Waals surface area contributed by atoms with Crippen molar-refractivity contribution in [1.29, 1.82) is 0 Å². The third-order valence-electron chi connectivity index (χ3n) is 5.76. The number of hydrogen-bond acceptors (Lipinski definition) is 5. The van der Waals surface area contributed by atoms with Crippen LogP contribution in [0.1, 0.15) is 30.9 Å². The van der Waals surface area contributed by atoms with Crippen molar-refractivity contribution in [2.75, 3.05) is 29.9 Å². The third kappa shape index (κ3) is 4.61. The number of hydrogen-bond donors (Lipinski definition) is 2. The summed E-state index contributed by atoms with van der Waals surface area (Å²) in [4.78, 5) is 32.9. The lowest BCUT2D eigenvalue weighted by Crippen LogP contribution is -2.41. The molecule has 0 spiro atoms. The standard InChI is InChI=1S/C22H27N5O4S/c1-15-7-9-23-20(13-15)24-21(28)16(2)25-32(30,31)18-5-6-19-17(14-18)8-12-27(19)22(29)26-10-3-4-11-26/h5-7,9,13-14,16,25H,3-4,8,10-12H2,1-2H3,(H,23,24,28)/t16-/m0/s1. The van der Waals surface area contributed by atoms with Crippen molar-refractivity contribution in [2.45, 2.75) is 44.0 Å². The van der Waals surface area contributed by atoms with Crippen LogP contribution in [0.25, 0.3) is 0 Å². The molecule has 4 rings (SSSR count). The second kappa shape index (κ2) is 8.87. The van der Waals surface area contributed by atoms with Crippen LogP contribution in [0, 0.1) is 6.92 Å². The van der Waals surface area contributed by atoms with Gasteiger partial charge in [-0.2, -0.15) is 4.72 Å². The number of benzene rings is 1. The van der Waals surface area contributed by atoms with Crippen LogP contribution in [-0.4, -0.2) is 55.9 Å². The van der Waals surface area contributed by atoms with Crippen molar-refractivity contribution >= 4 is 33.5 Å². The number of nitrogens with zero attached hydrogens (tertiary/aromatic N) is 3. The maximum Gasteiger partial charge on any atom is 0.324 e. The van der Waals surface area contributed by atoms with E-state index in [0.29, 0.717) is 18.8 Å². The fraction of sp³-hybridized carbons (Fsp3) is 0.409. The van der Waals surface area contributed by atoms with E-state index in [1.165, 1.54) is 13.0 Å². The van der Waals surface area contributed by atoms with Gasteiger partial charge < -0.3 is 10.2 Å². The number of pyridine rings is 1. The van der Waals surface area contributed by atoms with Gasteiger partial charge in [0.25, 0.3) is 0 Å². The Kier molecular flexibility index (Phi) is 6.16. The minimum Gasteiger partial charge on any atom is -0.324 e. The molecule has 2 aliphatic heterocycles. The number of anilines is 2. The van der Waals surface area contributed by atoms with Gasteiger partial charge in [0.05, 0.1) is 10.9 Å². The maximum absolute atomic E-state index is 12.9. The van der Waals surface area contributed by atoms with Gasteiger partial charge in [-0.15, -0.1) is 0 Å².